The number of benzene rings is 2. The number of nitrogens with two attached hydrogens (primary N) is 1. The van der Waals surface area contributed by atoms with Crippen molar-refractivity contribution in [2.75, 3.05) is 11.1 Å². The molecule has 2 aromatic carbocycles. The molecule has 5 rings (SSSR count). The summed E-state index contributed by atoms with van der Waals surface area (Å²) < 4.78 is 49.0. The average Bonchev–Trinajstić information content (AvgIpc) is 3.34. The summed E-state index contributed by atoms with van der Waals surface area (Å²) in [5.41, 5.74) is 5.89. The minimum atomic E-state index is -3.71. The van der Waals surface area contributed by atoms with Crippen LogP contribution in [0.2, 0.25) is 5.02 Å². The lowest BCUT2D eigenvalue weighted by atomic mass is 9.94. The van der Waals surface area contributed by atoms with E-state index in [4.69, 9.17) is 17.3 Å². The maximum atomic E-state index is 13.5. The zero-order valence-electron chi connectivity index (χ0n) is 16.3. The number of carbonyl (C=O) groups is 1. The second kappa shape index (κ2) is 7.28. The predicted octanol–water partition coefficient (Wildman–Crippen LogP) is 5.10. The fourth-order valence-electron chi connectivity index (χ4n) is 3.62. The Labute approximate surface area is 189 Å². The molecule has 0 spiro atoms. The molecule has 0 saturated heterocycles. The van der Waals surface area contributed by atoms with E-state index in [9.17, 15) is 18.0 Å². The van der Waals surface area contributed by atoms with Gasteiger partial charge in [0.25, 0.3) is 0 Å². The topological polar surface area (TPSA) is 86.5 Å². The molecule has 166 valence electrons. The van der Waals surface area contributed by atoms with Crippen molar-refractivity contribution in [3.63, 3.8) is 0 Å². The summed E-state index contributed by atoms with van der Waals surface area (Å²) in [5.74, 6) is -1.04. The number of rotatable bonds is 5. The fraction of sp³-hybridized carbons (Fsp3) is 0.238. The van der Waals surface area contributed by atoms with Crippen LogP contribution in [0.15, 0.2) is 36.5 Å². The molecule has 0 radical (unpaired) electrons. The number of amides is 1. The van der Waals surface area contributed by atoms with E-state index in [1.165, 1.54) is 29.5 Å². The SMILES string of the molecule is Nc1c(F)ccc(Cc2cnc(NC(=O)C3(c4ccc5c(c4)OC(F)(F)O5)CC3)s2)c1Cl. The highest BCUT2D eigenvalue weighted by atomic mass is 35.5. The molecule has 1 saturated carbocycles. The molecule has 1 aliphatic heterocycles. The van der Waals surface area contributed by atoms with Gasteiger partial charge in [-0.1, -0.05) is 23.7 Å². The summed E-state index contributed by atoms with van der Waals surface area (Å²) in [6.07, 6.45) is -0.610. The number of ether oxygens (including phenoxy) is 2. The molecule has 0 unspecified atom stereocenters. The normalized spacial score (nSPS) is 17.2. The van der Waals surface area contributed by atoms with Crippen LogP contribution >= 0.6 is 22.9 Å². The second-order valence-electron chi connectivity index (χ2n) is 7.61. The summed E-state index contributed by atoms with van der Waals surface area (Å²) in [7, 11) is 0. The monoisotopic (exact) mass is 481 g/mol. The van der Waals surface area contributed by atoms with E-state index in [2.05, 4.69) is 19.8 Å². The molecule has 0 atom stereocenters. The largest absolute Gasteiger partial charge is 0.586 e. The highest BCUT2D eigenvalue weighted by Crippen LogP contribution is 2.52. The van der Waals surface area contributed by atoms with Gasteiger partial charge in [-0.25, -0.2) is 9.37 Å². The van der Waals surface area contributed by atoms with Crippen molar-refractivity contribution in [3.05, 3.63) is 63.4 Å². The Hall–Kier alpha value is -2.98. The molecule has 1 aromatic heterocycles. The molecule has 0 bridgehead atoms. The lowest BCUT2D eigenvalue weighted by Gasteiger charge is -2.15. The minimum Gasteiger partial charge on any atom is -0.395 e. The molecular weight excluding hydrogens is 467 g/mol. The van der Waals surface area contributed by atoms with Crippen LogP contribution in [0.25, 0.3) is 0 Å². The number of anilines is 2. The Kier molecular flexibility index (Phi) is 4.75. The van der Waals surface area contributed by atoms with Crippen LogP contribution in [0.3, 0.4) is 0 Å². The molecule has 2 aliphatic rings. The Morgan fingerprint density at radius 1 is 1.22 bits per heavy atom. The van der Waals surface area contributed by atoms with Gasteiger partial charge < -0.3 is 20.5 Å². The molecule has 6 nitrogen and oxygen atoms in total. The highest BCUT2D eigenvalue weighted by Gasteiger charge is 2.53. The number of fused-ring (bicyclic) bond motifs is 1. The molecule has 3 aromatic rings. The van der Waals surface area contributed by atoms with Crippen LogP contribution in [0.4, 0.5) is 24.0 Å². The van der Waals surface area contributed by atoms with Gasteiger partial charge in [-0.2, -0.15) is 0 Å². The third-order valence-electron chi connectivity index (χ3n) is 5.48. The molecule has 1 fully saturated rings. The Bertz CT molecular complexity index is 1250. The first-order valence-electron chi connectivity index (χ1n) is 9.56. The lowest BCUT2D eigenvalue weighted by Crippen LogP contribution is -2.27. The maximum Gasteiger partial charge on any atom is 0.586 e. The van der Waals surface area contributed by atoms with Gasteiger partial charge in [-0.15, -0.1) is 20.1 Å². The summed E-state index contributed by atoms with van der Waals surface area (Å²) in [4.78, 5) is 18.0. The van der Waals surface area contributed by atoms with Crippen LogP contribution < -0.4 is 20.5 Å². The zero-order chi connectivity index (χ0) is 22.7. The number of nitrogen functional groups attached to an aromatic ring is 1. The third kappa shape index (κ3) is 3.63. The Morgan fingerprint density at radius 3 is 2.72 bits per heavy atom. The number of hydrogen-bond donors (Lipinski definition) is 2. The third-order valence-corrected chi connectivity index (χ3v) is 6.84. The minimum absolute atomic E-state index is 0.0698. The van der Waals surface area contributed by atoms with Crippen molar-refractivity contribution >= 4 is 39.7 Å². The quantitative estimate of drug-likeness (QED) is 0.495. The first kappa shape index (κ1) is 20.9. The zero-order valence-corrected chi connectivity index (χ0v) is 17.8. The number of hydrogen-bond acceptors (Lipinski definition) is 6. The van der Waals surface area contributed by atoms with E-state index in [-0.39, 0.29) is 28.1 Å². The Balaban J connectivity index is 1.30. The summed E-state index contributed by atoms with van der Waals surface area (Å²) in [6, 6.07) is 7.17. The van der Waals surface area contributed by atoms with E-state index in [0.29, 0.717) is 35.5 Å². The summed E-state index contributed by atoms with van der Waals surface area (Å²) in [6.45, 7) is 0. The molecular formula is C21H15ClF3N3O3S. The number of nitrogens with zero attached hydrogens (tertiary/aromatic N) is 1. The van der Waals surface area contributed by atoms with Crippen molar-refractivity contribution in [1.82, 2.24) is 4.98 Å². The number of nitrogens with one attached hydrogen (secondary N) is 1. The molecule has 32 heavy (non-hydrogen) atoms. The summed E-state index contributed by atoms with van der Waals surface area (Å²) in [5, 5.41) is 3.33. The second-order valence-corrected chi connectivity index (χ2v) is 9.10. The van der Waals surface area contributed by atoms with Crippen molar-refractivity contribution < 1.29 is 27.4 Å². The highest BCUT2D eigenvalue weighted by molar-refractivity contribution is 7.15. The van der Waals surface area contributed by atoms with E-state index >= 15 is 0 Å². The van der Waals surface area contributed by atoms with E-state index in [1.54, 1.807) is 18.3 Å². The number of carbonyl (C=O) groups excluding carboxylic acids is 1. The van der Waals surface area contributed by atoms with Crippen molar-refractivity contribution in [3.8, 4) is 11.5 Å². The number of halogens is 4. The standard InChI is InChI=1S/C21H15ClF3N3O3S/c22-16-10(1-3-13(23)17(16)26)7-12-9-27-19(32-12)28-18(29)20(5-6-20)11-2-4-14-15(8-11)31-21(24,25)30-14/h1-4,8-9H,5-7,26H2,(H,27,28,29). The van der Waals surface area contributed by atoms with Gasteiger partial charge in [0.15, 0.2) is 16.6 Å². The average molecular weight is 482 g/mol. The number of alkyl halides is 2. The molecule has 1 amide bonds. The van der Waals surface area contributed by atoms with Gasteiger partial charge in [0.05, 0.1) is 16.1 Å². The van der Waals surface area contributed by atoms with Gasteiger partial charge in [0.1, 0.15) is 5.82 Å². The smallest absolute Gasteiger partial charge is 0.395 e. The van der Waals surface area contributed by atoms with Crippen LogP contribution in [0.5, 0.6) is 11.5 Å². The lowest BCUT2D eigenvalue weighted by molar-refractivity contribution is -0.286. The number of thiazole rings is 1. The van der Waals surface area contributed by atoms with Crippen LogP contribution in [-0.2, 0) is 16.6 Å². The van der Waals surface area contributed by atoms with Gasteiger partial charge in [-0.3, -0.25) is 4.79 Å². The van der Waals surface area contributed by atoms with E-state index < -0.39 is 17.5 Å². The van der Waals surface area contributed by atoms with Crippen LogP contribution in [0, 0.1) is 5.82 Å². The van der Waals surface area contributed by atoms with Crippen molar-refractivity contribution in [1.29, 1.82) is 0 Å². The fourth-order valence-corrected chi connectivity index (χ4v) is 4.67. The first-order valence-corrected chi connectivity index (χ1v) is 10.8. The summed E-state index contributed by atoms with van der Waals surface area (Å²) >= 11 is 7.37. The molecule has 1 aliphatic carbocycles. The van der Waals surface area contributed by atoms with Gasteiger partial charge in [0, 0.05) is 17.5 Å². The number of aromatic nitrogens is 1. The van der Waals surface area contributed by atoms with E-state index in [0.717, 1.165) is 4.88 Å². The molecule has 2 heterocycles. The molecule has 3 N–H and O–H groups in total. The van der Waals surface area contributed by atoms with Crippen molar-refractivity contribution in [2.24, 2.45) is 0 Å². The van der Waals surface area contributed by atoms with Crippen molar-refractivity contribution in [2.45, 2.75) is 31.0 Å². The van der Waals surface area contributed by atoms with Crippen LogP contribution in [0.1, 0.15) is 28.8 Å². The van der Waals surface area contributed by atoms with Gasteiger partial charge >= 0.3 is 6.29 Å². The maximum absolute atomic E-state index is 13.5. The van der Waals surface area contributed by atoms with Crippen LogP contribution in [-0.4, -0.2) is 17.2 Å². The van der Waals surface area contributed by atoms with Gasteiger partial charge in [-0.05, 0) is 42.2 Å². The van der Waals surface area contributed by atoms with Gasteiger partial charge in [0.2, 0.25) is 5.91 Å². The van der Waals surface area contributed by atoms with E-state index in [1.807, 2.05) is 0 Å². The first-order chi connectivity index (χ1) is 15.2. The predicted molar refractivity (Wildman–Crippen MR) is 113 cm³/mol. The Morgan fingerprint density at radius 2 is 1.97 bits per heavy atom. The molecule has 11 heteroatoms.